The summed E-state index contributed by atoms with van der Waals surface area (Å²) in [7, 11) is 0. The SMILES string of the molecule is CCN(CC)CCCn1c(O)c(F)c(=O)[nH]c1=O. The Morgan fingerprint density at radius 1 is 1.33 bits per heavy atom. The molecule has 1 rings (SSSR count). The molecule has 18 heavy (non-hydrogen) atoms. The Morgan fingerprint density at radius 2 is 1.94 bits per heavy atom. The first-order valence-electron chi connectivity index (χ1n) is 5.95. The Balaban J connectivity index is 2.77. The standard InChI is InChI=1S/C11H18FN3O3/c1-3-14(4-2)6-5-7-15-10(17)8(12)9(16)13-11(15)18/h17H,3-7H2,1-2H3,(H,13,16,18). The van der Waals surface area contributed by atoms with Crippen LogP contribution in [0.5, 0.6) is 5.88 Å². The minimum atomic E-state index is -1.32. The van der Waals surface area contributed by atoms with Gasteiger partial charge >= 0.3 is 5.69 Å². The number of rotatable bonds is 6. The highest BCUT2D eigenvalue weighted by molar-refractivity contribution is 5.09. The van der Waals surface area contributed by atoms with Crippen molar-refractivity contribution in [2.45, 2.75) is 26.8 Å². The maximum atomic E-state index is 13.1. The molecular weight excluding hydrogens is 241 g/mol. The second-order valence-electron chi connectivity index (χ2n) is 3.93. The molecule has 1 aromatic rings. The first-order valence-corrected chi connectivity index (χ1v) is 5.95. The molecule has 1 aromatic heterocycles. The molecule has 0 atom stereocenters. The fourth-order valence-electron chi connectivity index (χ4n) is 1.74. The first-order chi connectivity index (χ1) is 8.51. The molecule has 0 saturated carbocycles. The molecule has 2 N–H and O–H groups in total. The second kappa shape index (κ2) is 6.34. The van der Waals surface area contributed by atoms with E-state index in [-0.39, 0.29) is 6.54 Å². The van der Waals surface area contributed by atoms with Crippen molar-refractivity contribution >= 4 is 0 Å². The summed E-state index contributed by atoms with van der Waals surface area (Å²) in [5, 5.41) is 9.39. The van der Waals surface area contributed by atoms with Crippen LogP contribution in [0.2, 0.25) is 0 Å². The lowest BCUT2D eigenvalue weighted by Crippen LogP contribution is -2.33. The van der Waals surface area contributed by atoms with Gasteiger partial charge in [-0.3, -0.25) is 14.3 Å². The molecule has 0 aliphatic carbocycles. The zero-order valence-corrected chi connectivity index (χ0v) is 10.6. The molecule has 6 nitrogen and oxygen atoms in total. The zero-order chi connectivity index (χ0) is 13.7. The van der Waals surface area contributed by atoms with E-state index in [1.165, 1.54) is 0 Å². The minimum Gasteiger partial charge on any atom is -0.492 e. The van der Waals surface area contributed by atoms with E-state index in [0.717, 1.165) is 24.2 Å². The van der Waals surface area contributed by atoms with E-state index in [1.807, 2.05) is 18.8 Å². The molecule has 0 aromatic carbocycles. The van der Waals surface area contributed by atoms with Gasteiger partial charge in [0.1, 0.15) is 0 Å². The first kappa shape index (κ1) is 14.4. The third-order valence-electron chi connectivity index (χ3n) is 2.87. The summed E-state index contributed by atoms with van der Waals surface area (Å²) >= 11 is 0. The van der Waals surface area contributed by atoms with Crippen LogP contribution in [0.25, 0.3) is 0 Å². The largest absolute Gasteiger partial charge is 0.492 e. The van der Waals surface area contributed by atoms with Gasteiger partial charge in [0.15, 0.2) is 0 Å². The van der Waals surface area contributed by atoms with E-state index >= 15 is 0 Å². The summed E-state index contributed by atoms with van der Waals surface area (Å²) in [4.78, 5) is 26.2. The number of nitrogens with zero attached hydrogens (tertiary/aromatic N) is 2. The van der Waals surface area contributed by atoms with Crippen LogP contribution in [-0.2, 0) is 6.54 Å². The van der Waals surface area contributed by atoms with Gasteiger partial charge in [-0.2, -0.15) is 4.39 Å². The summed E-state index contributed by atoms with van der Waals surface area (Å²) < 4.78 is 14.0. The normalized spacial score (nSPS) is 11.1. The molecule has 0 aliphatic rings. The van der Waals surface area contributed by atoms with Crippen molar-refractivity contribution in [2.24, 2.45) is 0 Å². The van der Waals surface area contributed by atoms with E-state index in [4.69, 9.17) is 0 Å². The fourth-order valence-corrected chi connectivity index (χ4v) is 1.74. The second-order valence-corrected chi connectivity index (χ2v) is 3.93. The van der Waals surface area contributed by atoms with Gasteiger partial charge in [0.2, 0.25) is 11.7 Å². The number of hydrogen-bond acceptors (Lipinski definition) is 4. The molecule has 0 radical (unpaired) electrons. The van der Waals surface area contributed by atoms with Crippen molar-refractivity contribution < 1.29 is 9.50 Å². The molecule has 7 heteroatoms. The van der Waals surface area contributed by atoms with Gasteiger partial charge < -0.3 is 10.0 Å². The van der Waals surface area contributed by atoms with Crippen LogP contribution < -0.4 is 11.2 Å². The predicted octanol–water partition coefficient (Wildman–Crippen LogP) is 0.113. The van der Waals surface area contributed by atoms with Gasteiger partial charge in [-0.25, -0.2) is 4.79 Å². The number of H-pyrrole nitrogens is 1. The van der Waals surface area contributed by atoms with Crippen molar-refractivity contribution in [1.82, 2.24) is 14.5 Å². The van der Waals surface area contributed by atoms with Crippen LogP contribution >= 0.6 is 0 Å². The van der Waals surface area contributed by atoms with E-state index < -0.39 is 22.9 Å². The summed E-state index contributed by atoms with van der Waals surface area (Å²) in [5.41, 5.74) is -1.99. The fraction of sp³-hybridized carbons (Fsp3) is 0.636. The van der Waals surface area contributed by atoms with Gasteiger partial charge in [-0.1, -0.05) is 13.8 Å². The van der Waals surface area contributed by atoms with Gasteiger partial charge in [-0.15, -0.1) is 0 Å². The molecule has 1 heterocycles. The molecule has 0 saturated heterocycles. The summed E-state index contributed by atoms with van der Waals surface area (Å²) in [6, 6.07) is 0. The molecule has 0 bridgehead atoms. The lowest BCUT2D eigenvalue weighted by Gasteiger charge is -2.18. The summed E-state index contributed by atoms with van der Waals surface area (Å²) in [6.45, 7) is 6.71. The average molecular weight is 259 g/mol. The highest BCUT2D eigenvalue weighted by atomic mass is 19.1. The molecule has 0 fully saturated rings. The molecule has 102 valence electrons. The minimum absolute atomic E-state index is 0.162. The number of aromatic amines is 1. The molecule has 0 unspecified atom stereocenters. The van der Waals surface area contributed by atoms with Crippen molar-refractivity contribution in [3.8, 4) is 5.88 Å². The van der Waals surface area contributed by atoms with Gasteiger partial charge in [0, 0.05) is 6.54 Å². The Kier molecular flexibility index (Phi) is 5.08. The highest BCUT2D eigenvalue weighted by Crippen LogP contribution is 2.07. The summed E-state index contributed by atoms with van der Waals surface area (Å²) in [6.07, 6.45) is 0.584. The van der Waals surface area contributed by atoms with Crippen molar-refractivity contribution in [1.29, 1.82) is 0 Å². The number of aromatic hydroxyl groups is 1. The topological polar surface area (TPSA) is 78.3 Å². The van der Waals surface area contributed by atoms with Crippen molar-refractivity contribution in [2.75, 3.05) is 19.6 Å². The van der Waals surface area contributed by atoms with E-state index in [0.29, 0.717) is 6.42 Å². The van der Waals surface area contributed by atoms with Crippen LogP contribution in [0.15, 0.2) is 9.59 Å². The summed E-state index contributed by atoms with van der Waals surface area (Å²) in [5.74, 6) is -2.22. The monoisotopic (exact) mass is 259 g/mol. The van der Waals surface area contributed by atoms with Crippen LogP contribution in [0, 0.1) is 5.82 Å². The lowest BCUT2D eigenvalue weighted by molar-refractivity contribution is 0.284. The number of aromatic nitrogens is 2. The molecular formula is C11H18FN3O3. The van der Waals surface area contributed by atoms with Crippen LogP contribution in [0.1, 0.15) is 20.3 Å². The van der Waals surface area contributed by atoms with Crippen molar-refractivity contribution in [3.05, 3.63) is 26.7 Å². The maximum absolute atomic E-state index is 13.1. The van der Waals surface area contributed by atoms with Gasteiger partial charge in [0.25, 0.3) is 5.56 Å². The van der Waals surface area contributed by atoms with Gasteiger partial charge in [0.05, 0.1) is 0 Å². The van der Waals surface area contributed by atoms with Crippen molar-refractivity contribution in [3.63, 3.8) is 0 Å². The quantitative estimate of drug-likeness (QED) is 0.760. The third kappa shape index (κ3) is 3.19. The highest BCUT2D eigenvalue weighted by Gasteiger charge is 2.13. The van der Waals surface area contributed by atoms with Crippen LogP contribution in [-0.4, -0.2) is 39.2 Å². The molecule has 0 amide bonds. The Morgan fingerprint density at radius 3 is 2.50 bits per heavy atom. The molecule has 0 aliphatic heterocycles. The Labute approximate surface area is 104 Å². The van der Waals surface area contributed by atoms with Crippen LogP contribution in [0.4, 0.5) is 4.39 Å². The average Bonchev–Trinajstić information content (AvgIpc) is 2.35. The zero-order valence-electron chi connectivity index (χ0n) is 10.6. The van der Waals surface area contributed by atoms with E-state index in [1.54, 1.807) is 0 Å². The van der Waals surface area contributed by atoms with Crippen LogP contribution in [0.3, 0.4) is 0 Å². The maximum Gasteiger partial charge on any atom is 0.331 e. The van der Waals surface area contributed by atoms with E-state index in [9.17, 15) is 19.1 Å². The molecule has 0 spiro atoms. The third-order valence-corrected chi connectivity index (χ3v) is 2.87. The van der Waals surface area contributed by atoms with Gasteiger partial charge in [-0.05, 0) is 26.1 Å². The predicted molar refractivity (Wildman–Crippen MR) is 65.4 cm³/mol. The number of halogens is 1. The smallest absolute Gasteiger partial charge is 0.331 e. The Hall–Kier alpha value is -1.63. The number of nitrogens with one attached hydrogen (secondary N) is 1. The number of hydrogen-bond donors (Lipinski definition) is 2. The Bertz CT molecular complexity index is 505. The lowest BCUT2D eigenvalue weighted by atomic mass is 10.3. The van der Waals surface area contributed by atoms with E-state index in [2.05, 4.69) is 4.90 Å².